The van der Waals surface area contributed by atoms with E-state index in [0.29, 0.717) is 10.4 Å². The molecule has 0 atom stereocenters. The summed E-state index contributed by atoms with van der Waals surface area (Å²) in [7, 11) is -3.85. The molecule has 0 saturated heterocycles. The average molecular weight is 523 g/mol. The lowest BCUT2D eigenvalue weighted by atomic mass is 10.2. The van der Waals surface area contributed by atoms with E-state index in [2.05, 4.69) is 0 Å². The van der Waals surface area contributed by atoms with Gasteiger partial charge in [-0.05, 0) is 46.8 Å². The summed E-state index contributed by atoms with van der Waals surface area (Å²) in [5.41, 5.74) is 0.204. The molecule has 4 aromatic rings. The van der Waals surface area contributed by atoms with Crippen molar-refractivity contribution in [3.63, 3.8) is 0 Å². The molecule has 37 heavy (non-hydrogen) atoms. The molecule has 0 aromatic heterocycles. The van der Waals surface area contributed by atoms with Gasteiger partial charge in [0.15, 0.2) is 0 Å². The highest BCUT2D eigenvalue weighted by Gasteiger charge is 2.44. The first-order chi connectivity index (χ1) is 17.8. The number of nitro benzene ring substituents is 2. The Morgan fingerprint density at radius 1 is 0.595 bits per heavy atom. The van der Waals surface area contributed by atoms with Crippen molar-refractivity contribution >= 4 is 30.3 Å². The summed E-state index contributed by atoms with van der Waals surface area (Å²) in [5, 5.41) is 24.0. The zero-order valence-electron chi connectivity index (χ0n) is 19.3. The third kappa shape index (κ3) is 5.75. The molecule has 4 rings (SSSR count). The second-order valence-electron chi connectivity index (χ2n) is 7.98. The predicted molar refractivity (Wildman–Crippen MR) is 134 cm³/mol. The van der Waals surface area contributed by atoms with Crippen LogP contribution < -0.4 is 10.4 Å². The number of nitrogens with zero attached hydrogens (tertiary/aromatic N) is 2. The quantitative estimate of drug-likeness (QED) is 0.169. The lowest BCUT2D eigenvalue weighted by molar-refractivity contribution is -0.385. The van der Waals surface area contributed by atoms with Gasteiger partial charge in [0.1, 0.15) is 11.6 Å². The standard InChI is InChI=1S/C26H20F2N2O6Si/c27-21-9-13-23(14-10-21)37(24-15-11-22(28)12-16-24,35-17-19-5-1-3-7-25(19)29(31)32)36-18-20-6-2-4-8-26(20)30(33)34/h1-16H,17-18H2. The molecule has 11 heteroatoms. The normalized spacial score (nSPS) is 11.3. The van der Waals surface area contributed by atoms with Gasteiger partial charge in [0.25, 0.3) is 11.4 Å². The van der Waals surface area contributed by atoms with Crippen LogP contribution in [0, 0.1) is 31.9 Å². The van der Waals surface area contributed by atoms with Crippen LogP contribution in [-0.2, 0) is 22.1 Å². The first-order valence-electron chi connectivity index (χ1n) is 11.0. The SMILES string of the molecule is O=[N+]([O-])c1ccccc1CO[Si](OCc1ccccc1[N+](=O)[O-])(c1ccc(F)cc1)c1ccc(F)cc1. The maximum absolute atomic E-state index is 13.8. The van der Waals surface area contributed by atoms with Crippen molar-refractivity contribution in [3.05, 3.63) is 140 Å². The second-order valence-corrected chi connectivity index (χ2v) is 10.9. The summed E-state index contributed by atoms with van der Waals surface area (Å²) in [6.45, 7) is -0.510. The van der Waals surface area contributed by atoms with E-state index < -0.39 is 30.0 Å². The van der Waals surface area contributed by atoms with Gasteiger partial charge in [-0.25, -0.2) is 8.78 Å². The Hall–Kier alpha value is -4.32. The maximum Gasteiger partial charge on any atom is 0.407 e. The topological polar surface area (TPSA) is 105 Å². The molecule has 0 N–H and O–H groups in total. The zero-order chi connectivity index (χ0) is 26.4. The van der Waals surface area contributed by atoms with E-state index >= 15 is 0 Å². The molecule has 0 unspecified atom stereocenters. The third-order valence-electron chi connectivity index (χ3n) is 5.69. The van der Waals surface area contributed by atoms with Crippen molar-refractivity contribution in [1.82, 2.24) is 0 Å². The molecule has 0 amide bonds. The summed E-state index contributed by atoms with van der Waals surface area (Å²) in [6, 6.07) is 22.7. The Labute approximate surface area is 211 Å². The molecule has 0 saturated carbocycles. The Morgan fingerprint density at radius 2 is 0.946 bits per heavy atom. The van der Waals surface area contributed by atoms with Crippen LogP contribution in [0.5, 0.6) is 0 Å². The van der Waals surface area contributed by atoms with Gasteiger partial charge >= 0.3 is 8.56 Å². The Kier molecular flexibility index (Phi) is 7.77. The van der Waals surface area contributed by atoms with Crippen molar-refractivity contribution in [3.8, 4) is 0 Å². The summed E-state index contributed by atoms with van der Waals surface area (Å²) < 4.78 is 40.5. The molecule has 0 fully saturated rings. The zero-order valence-corrected chi connectivity index (χ0v) is 20.3. The third-order valence-corrected chi connectivity index (χ3v) is 8.98. The van der Waals surface area contributed by atoms with E-state index in [9.17, 15) is 29.0 Å². The summed E-state index contributed by atoms with van der Waals surface area (Å²) in [6.07, 6.45) is 0. The number of halogens is 2. The van der Waals surface area contributed by atoms with Crippen molar-refractivity contribution in [2.45, 2.75) is 13.2 Å². The van der Waals surface area contributed by atoms with Gasteiger partial charge in [0.05, 0.1) is 34.2 Å². The molecule has 0 radical (unpaired) electrons. The van der Waals surface area contributed by atoms with Gasteiger partial charge in [0, 0.05) is 12.1 Å². The minimum atomic E-state index is -3.85. The van der Waals surface area contributed by atoms with Crippen molar-refractivity contribution in [1.29, 1.82) is 0 Å². The van der Waals surface area contributed by atoms with Crippen LogP contribution in [0.2, 0.25) is 0 Å². The first-order valence-corrected chi connectivity index (χ1v) is 12.9. The van der Waals surface area contributed by atoms with Gasteiger partial charge in [0.2, 0.25) is 0 Å². The van der Waals surface area contributed by atoms with Crippen LogP contribution in [0.4, 0.5) is 20.2 Å². The summed E-state index contributed by atoms with van der Waals surface area (Å²) in [4.78, 5) is 22.0. The van der Waals surface area contributed by atoms with E-state index in [4.69, 9.17) is 8.85 Å². The molecule has 0 aliphatic heterocycles. The minimum Gasteiger partial charge on any atom is -0.383 e. The van der Waals surface area contributed by atoms with Crippen LogP contribution in [0.1, 0.15) is 11.1 Å². The first kappa shape index (κ1) is 25.8. The molecule has 8 nitrogen and oxygen atoms in total. The molecule has 4 aromatic carbocycles. The van der Waals surface area contributed by atoms with Gasteiger partial charge in [-0.1, -0.05) is 48.5 Å². The minimum absolute atomic E-state index is 0.165. The van der Waals surface area contributed by atoms with Crippen LogP contribution in [0.3, 0.4) is 0 Å². The van der Waals surface area contributed by atoms with Crippen molar-refractivity contribution < 1.29 is 27.5 Å². The lowest BCUT2D eigenvalue weighted by Crippen LogP contribution is -2.63. The molecular weight excluding hydrogens is 502 g/mol. The number of benzene rings is 4. The molecule has 0 aliphatic rings. The molecular formula is C26H20F2N2O6Si. The highest BCUT2D eigenvalue weighted by Crippen LogP contribution is 2.24. The van der Waals surface area contributed by atoms with Crippen LogP contribution >= 0.6 is 0 Å². The highest BCUT2D eigenvalue weighted by molar-refractivity contribution is 6.92. The molecule has 0 bridgehead atoms. The van der Waals surface area contributed by atoms with Crippen LogP contribution in [-0.4, -0.2) is 18.4 Å². The monoisotopic (exact) mass is 522 g/mol. The molecule has 0 aliphatic carbocycles. The molecule has 0 heterocycles. The van der Waals surface area contributed by atoms with E-state index in [1.807, 2.05) is 0 Å². The highest BCUT2D eigenvalue weighted by atomic mass is 28.4. The fourth-order valence-corrected chi connectivity index (χ4v) is 6.87. The van der Waals surface area contributed by atoms with E-state index in [-0.39, 0.29) is 35.7 Å². The van der Waals surface area contributed by atoms with Gasteiger partial charge in [-0.2, -0.15) is 0 Å². The van der Waals surface area contributed by atoms with Crippen LogP contribution in [0.15, 0.2) is 97.1 Å². The Bertz CT molecular complexity index is 1310. The number of hydrogen-bond donors (Lipinski definition) is 0. The van der Waals surface area contributed by atoms with Crippen molar-refractivity contribution in [2.24, 2.45) is 0 Å². The van der Waals surface area contributed by atoms with E-state index in [0.717, 1.165) is 0 Å². The van der Waals surface area contributed by atoms with Gasteiger partial charge in [-0.3, -0.25) is 20.2 Å². The molecule has 188 valence electrons. The number of nitro groups is 2. The second kappa shape index (κ2) is 11.2. The lowest BCUT2D eigenvalue weighted by Gasteiger charge is -2.31. The predicted octanol–water partition coefficient (Wildman–Crippen LogP) is 4.77. The van der Waals surface area contributed by atoms with E-state index in [1.165, 1.54) is 84.9 Å². The number of para-hydroxylation sites is 2. The summed E-state index contributed by atoms with van der Waals surface area (Å²) in [5.74, 6) is -1.02. The fourth-order valence-electron chi connectivity index (χ4n) is 3.86. The number of hydrogen-bond acceptors (Lipinski definition) is 6. The number of rotatable bonds is 10. The largest absolute Gasteiger partial charge is 0.407 e. The average Bonchev–Trinajstić information content (AvgIpc) is 2.90. The Morgan fingerprint density at radius 3 is 1.30 bits per heavy atom. The fraction of sp³-hybridized carbons (Fsp3) is 0.0769. The smallest absolute Gasteiger partial charge is 0.383 e. The Balaban J connectivity index is 1.83. The van der Waals surface area contributed by atoms with E-state index in [1.54, 1.807) is 12.1 Å². The van der Waals surface area contributed by atoms with Crippen LogP contribution in [0.25, 0.3) is 0 Å². The maximum atomic E-state index is 13.8. The summed E-state index contributed by atoms with van der Waals surface area (Å²) >= 11 is 0. The van der Waals surface area contributed by atoms with Gasteiger partial charge < -0.3 is 8.85 Å². The van der Waals surface area contributed by atoms with Crippen molar-refractivity contribution in [2.75, 3.05) is 0 Å². The van der Waals surface area contributed by atoms with Gasteiger partial charge in [-0.15, -0.1) is 0 Å². The molecule has 0 spiro atoms.